The molecule has 0 heterocycles. The minimum atomic E-state index is -4.02. The molecule has 190 valence electrons. The monoisotopic (exact) mass is 507 g/mol. The van der Waals surface area contributed by atoms with E-state index in [1.54, 1.807) is 6.92 Å². The van der Waals surface area contributed by atoms with Gasteiger partial charge < -0.3 is 10.2 Å². The van der Waals surface area contributed by atoms with Crippen LogP contribution < -0.4 is 9.62 Å². The van der Waals surface area contributed by atoms with Crippen LogP contribution in [0.4, 0.5) is 14.5 Å². The normalized spacial score (nSPS) is 15.0. The van der Waals surface area contributed by atoms with Gasteiger partial charge in [0.1, 0.15) is 24.2 Å². The van der Waals surface area contributed by atoms with E-state index in [1.807, 2.05) is 0 Å². The largest absolute Gasteiger partial charge is 0.352 e. The fourth-order valence-electron chi connectivity index (χ4n) is 4.32. The molecular formula is C25H31F2N3O4S. The van der Waals surface area contributed by atoms with Crippen LogP contribution in [0.2, 0.25) is 0 Å². The second-order valence-electron chi connectivity index (χ2n) is 8.78. The summed E-state index contributed by atoms with van der Waals surface area (Å²) in [6.07, 6.45) is 4.94. The summed E-state index contributed by atoms with van der Waals surface area (Å²) in [5.41, 5.74) is 0.317. The molecule has 2 aromatic carbocycles. The lowest BCUT2D eigenvalue weighted by Crippen LogP contribution is -2.53. The van der Waals surface area contributed by atoms with Crippen LogP contribution in [0.3, 0.4) is 0 Å². The molecule has 0 radical (unpaired) electrons. The summed E-state index contributed by atoms with van der Waals surface area (Å²) in [5.74, 6) is -2.23. The molecule has 1 saturated carbocycles. The van der Waals surface area contributed by atoms with Crippen LogP contribution >= 0.6 is 0 Å². The van der Waals surface area contributed by atoms with Gasteiger partial charge in [0.05, 0.1) is 11.9 Å². The highest BCUT2D eigenvalue weighted by Crippen LogP contribution is 2.23. The summed E-state index contributed by atoms with van der Waals surface area (Å²) in [6, 6.07) is 9.94. The van der Waals surface area contributed by atoms with Gasteiger partial charge >= 0.3 is 0 Å². The van der Waals surface area contributed by atoms with Gasteiger partial charge in [-0.15, -0.1) is 0 Å². The van der Waals surface area contributed by atoms with Crippen LogP contribution in [0, 0.1) is 11.6 Å². The van der Waals surface area contributed by atoms with Crippen molar-refractivity contribution in [3.05, 3.63) is 65.7 Å². The van der Waals surface area contributed by atoms with Gasteiger partial charge in [0.25, 0.3) is 0 Å². The number of carbonyl (C=O) groups is 2. The van der Waals surface area contributed by atoms with Crippen molar-refractivity contribution >= 4 is 27.5 Å². The Hall–Kier alpha value is -3.01. The number of benzene rings is 2. The van der Waals surface area contributed by atoms with Crippen LogP contribution in [0.5, 0.6) is 0 Å². The fourth-order valence-corrected chi connectivity index (χ4v) is 5.17. The molecule has 1 N–H and O–H groups in total. The molecule has 0 spiro atoms. The Bertz CT molecular complexity index is 1140. The number of para-hydroxylation sites is 1. The van der Waals surface area contributed by atoms with Gasteiger partial charge in [-0.1, -0.05) is 44.0 Å². The van der Waals surface area contributed by atoms with Gasteiger partial charge in [0.15, 0.2) is 0 Å². The molecule has 0 unspecified atom stereocenters. The van der Waals surface area contributed by atoms with E-state index in [4.69, 9.17) is 0 Å². The highest BCUT2D eigenvalue weighted by Gasteiger charge is 2.33. The number of nitrogens with one attached hydrogen (secondary N) is 1. The van der Waals surface area contributed by atoms with Crippen LogP contribution in [0.1, 0.15) is 44.6 Å². The molecule has 0 saturated heterocycles. The molecule has 0 aliphatic heterocycles. The number of carbonyl (C=O) groups excluding carboxylic acids is 2. The van der Waals surface area contributed by atoms with Crippen LogP contribution in [0.15, 0.2) is 48.5 Å². The number of rotatable bonds is 10. The number of halogens is 2. The first kappa shape index (κ1) is 26.6. The maximum Gasteiger partial charge on any atom is 0.244 e. The Kier molecular flexibility index (Phi) is 8.82. The molecule has 0 bridgehead atoms. The predicted molar refractivity (Wildman–Crippen MR) is 130 cm³/mol. The lowest BCUT2D eigenvalue weighted by molar-refractivity contribution is -0.140. The number of hydrogen-bond acceptors (Lipinski definition) is 4. The summed E-state index contributed by atoms with van der Waals surface area (Å²) >= 11 is 0. The minimum Gasteiger partial charge on any atom is -0.352 e. The molecule has 0 aromatic heterocycles. The summed E-state index contributed by atoms with van der Waals surface area (Å²) in [4.78, 5) is 28.0. The van der Waals surface area contributed by atoms with Crippen molar-refractivity contribution in [3.63, 3.8) is 0 Å². The van der Waals surface area contributed by atoms with E-state index in [2.05, 4.69) is 5.32 Å². The Morgan fingerprint density at radius 2 is 1.69 bits per heavy atom. The van der Waals surface area contributed by atoms with Crippen LogP contribution in [-0.4, -0.2) is 50.0 Å². The SMILES string of the molecule is CC[C@H](C(=O)NC1CCCC1)N(Cc1ccc(F)cc1)C(=O)CN(c1ccccc1F)S(C)(=O)=O. The zero-order valence-electron chi connectivity index (χ0n) is 19.9. The zero-order chi connectivity index (χ0) is 25.6. The van der Waals surface area contributed by atoms with Crippen LogP contribution in [-0.2, 0) is 26.2 Å². The molecule has 2 amide bonds. The highest BCUT2D eigenvalue weighted by atomic mass is 32.2. The van der Waals surface area contributed by atoms with E-state index in [0.717, 1.165) is 38.0 Å². The molecule has 2 aromatic rings. The molecule has 1 fully saturated rings. The molecule has 10 heteroatoms. The Labute approximate surface area is 205 Å². The fraction of sp³-hybridized carbons (Fsp3) is 0.440. The van der Waals surface area contributed by atoms with Gasteiger partial charge in [-0.2, -0.15) is 0 Å². The third-order valence-corrected chi connectivity index (χ3v) is 7.28. The van der Waals surface area contributed by atoms with Crippen molar-refractivity contribution in [2.45, 2.75) is 57.7 Å². The number of hydrogen-bond donors (Lipinski definition) is 1. The summed E-state index contributed by atoms with van der Waals surface area (Å²) in [5, 5.41) is 3.00. The second-order valence-corrected chi connectivity index (χ2v) is 10.7. The first-order valence-corrected chi connectivity index (χ1v) is 13.5. The van der Waals surface area contributed by atoms with E-state index >= 15 is 0 Å². The number of anilines is 1. The van der Waals surface area contributed by atoms with Gasteiger partial charge in [-0.25, -0.2) is 17.2 Å². The zero-order valence-corrected chi connectivity index (χ0v) is 20.7. The van der Waals surface area contributed by atoms with Crippen molar-refractivity contribution in [2.75, 3.05) is 17.1 Å². The number of sulfonamides is 1. The van der Waals surface area contributed by atoms with Gasteiger partial charge in [-0.3, -0.25) is 13.9 Å². The molecule has 1 aliphatic rings. The molecule has 1 atom stereocenters. The van der Waals surface area contributed by atoms with Crippen molar-refractivity contribution in [1.29, 1.82) is 0 Å². The maximum absolute atomic E-state index is 14.5. The molecule has 35 heavy (non-hydrogen) atoms. The number of nitrogens with zero attached hydrogens (tertiary/aromatic N) is 2. The van der Waals surface area contributed by atoms with E-state index < -0.39 is 40.2 Å². The Morgan fingerprint density at radius 3 is 2.26 bits per heavy atom. The standard InChI is InChI=1S/C25H31F2N3O4S/c1-3-22(25(32)28-20-8-4-5-9-20)29(16-18-12-14-19(26)15-13-18)24(31)17-30(35(2,33)34)23-11-7-6-10-21(23)27/h6-7,10-15,20,22H,3-5,8-9,16-17H2,1-2H3,(H,28,32)/t22-/m1/s1. The van der Waals surface area contributed by atoms with Crippen molar-refractivity contribution in [3.8, 4) is 0 Å². The van der Waals surface area contributed by atoms with E-state index in [1.165, 1.54) is 47.4 Å². The van der Waals surface area contributed by atoms with Crippen molar-refractivity contribution < 1.29 is 26.8 Å². The quantitative estimate of drug-likeness (QED) is 0.533. The third-order valence-electron chi connectivity index (χ3n) is 6.15. The van der Waals surface area contributed by atoms with Gasteiger partial charge in [0, 0.05) is 12.6 Å². The number of amides is 2. The second kappa shape index (κ2) is 11.6. The average Bonchev–Trinajstić information content (AvgIpc) is 3.31. The van der Waals surface area contributed by atoms with E-state index in [-0.39, 0.29) is 30.6 Å². The smallest absolute Gasteiger partial charge is 0.244 e. The van der Waals surface area contributed by atoms with Crippen molar-refractivity contribution in [1.82, 2.24) is 10.2 Å². The summed E-state index contributed by atoms with van der Waals surface area (Å²) < 4.78 is 53.6. The summed E-state index contributed by atoms with van der Waals surface area (Å²) in [6.45, 7) is 1.04. The predicted octanol–water partition coefficient (Wildman–Crippen LogP) is 3.60. The Balaban J connectivity index is 1.92. The molecule has 3 rings (SSSR count). The first-order chi connectivity index (χ1) is 16.6. The minimum absolute atomic E-state index is 0.0326. The molecular weight excluding hydrogens is 476 g/mol. The Morgan fingerprint density at radius 1 is 1.06 bits per heavy atom. The maximum atomic E-state index is 14.5. The molecule has 7 nitrogen and oxygen atoms in total. The van der Waals surface area contributed by atoms with Crippen LogP contribution in [0.25, 0.3) is 0 Å². The topological polar surface area (TPSA) is 86.8 Å². The third kappa shape index (κ3) is 7.00. The van der Waals surface area contributed by atoms with Crippen molar-refractivity contribution in [2.24, 2.45) is 0 Å². The lowest BCUT2D eigenvalue weighted by atomic mass is 10.1. The highest BCUT2D eigenvalue weighted by molar-refractivity contribution is 7.92. The molecule has 1 aliphatic carbocycles. The van der Waals surface area contributed by atoms with E-state index in [9.17, 15) is 26.8 Å². The van der Waals surface area contributed by atoms with Gasteiger partial charge in [0.2, 0.25) is 21.8 Å². The first-order valence-electron chi connectivity index (χ1n) is 11.7. The van der Waals surface area contributed by atoms with Gasteiger partial charge in [-0.05, 0) is 49.1 Å². The summed E-state index contributed by atoms with van der Waals surface area (Å²) in [7, 11) is -4.02. The average molecular weight is 508 g/mol. The van der Waals surface area contributed by atoms with E-state index in [0.29, 0.717) is 9.87 Å². The lowest BCUT2D eigenvalue weighted by Gasteiger charge is -2.33.